The van der Waals surface area contributed by atoms with E-state index in [0.717, 1.165) is 47.0 Å². The molecule has 0 atom stereocenters. The molecule has 16 heteroatoms. The summed E-state index contributed by atoms with van der Waals surface area (Å²) in [6.07, 6.45) is -6.30. The fraction of sp³-hybridized carbons (Fsp3) is 0.258. The van der Waals surface area contributed by atoms with Gasteiger partial charge in [-0.05, 0) is 60.9 Å². The predicted octanol–water partition coefficient (Wildman–Crippen LogP) is 5.72. The molecule has 0 spiro atoms. The van der Waals surface area contributed by atoms with Crippen molar-refractivity contribution in [1.29, 1.82) is 0 Å². The molecule has 0 unspecified atom stereocenters. The summed E-state index contributed by atoms with van der Waals surface area (Å²) in [6.45, 7) is 5.09. The summed E-state index contributed by atoms with van der Waals surface area (Å²) in [7, 11) is 0. The minimum absolute atomic E-state index is 0.0588. The van der Waals surface area contributed by atoms with Gasteiger partial charge in [0.05, 0.1) is 29.9 Å². The molecule has 0 aliphatic carbocycles. The first-order chi connectivity index (χ1) is 22.2. The number of halogens is 6. The topological polar surface area (TPSA) is 120 Å². The van der Waals surface area contributed by atoms with Gasteiger partial charge in [-0.15, -0.1) is 5.10 Å². The molecule has 47 heavy (non-hydrogen) atoms. The molecule has 0 saturated heterocycles. The van der Waals surface area contributed by atoms with Gasteiger partial charge in [0.2, 0.25) is 17.6 Å². The second-order valence-electron chi connectivity index (χ2n) is 10.3. The first kappa shape index (κ1) is 33.1. The van der Waals surface area contributed by atoms with Crippen molar-refractivity contribution in [3.05, 3.63) is 94.2 Å². The van der Waals surface area contributed by atoms with Crippen LogP contribution in [-0.4, -0.2) is 44.2 Å². The minimum Gasteiger partial charge on any atom is -0.377 e. The van der Waals surface area contributed by atoms with Crippen molar-refractivity contribution in [2.24, 2.45) is 0 Å². The lowest BCUT2D eigenvalue weighted by molar-refractivity contribution is -0.138. The van der Waals surface area contributed by atoms with Crippen molar-refractivity contribution in [3.8, 4) is 11.1 Å². The van der Waals surface area contributed by atoms with E-state index in [1.165, 1.54) is 4.57 Å². The Morgan fingerprint density at radius 1 is 1.02 bits per heavy atom. The molecule has 2 N–H and O–H groups in total. The third kappa shape index (κ3) is 6.96. The Morgan fingerprint density at radius 3 is 2.30 bits per heavy atom. The van der Waals surface area contributed by atoms with E-state index in [2.05, 4.69) is 27.3 Å². The lowest BCUT2D eigenvalue weighted by Crippen LogP contribution is -2.29. The maximum absolute atomic E-state index is 14.1. The van der Waals surface area contributed by atoms with Crippen LogP contribution in [0.5, 0.6) is 0 Å². The smallest absolute Gasteiger partial charge is 0.377 e. The molecule has 3 heterocycles. The Labute approximate surface area is 262 Å². The Kier molecular flexibility index (Phi) is 9.07. The molecule has 1 aliphatic heterocycles. The molecule has 0 fully saturated rings. The number of benzene rings is 2. The average molecular weight is 661 g/mol. The van der Waals surface area contributed by atoms with E-state index in [0.29, 0.717) is 24.7 Å². The first-order valence-electron chi connectivity index (χ1n) is 14.1. The summed E-state index contributed by atoms with van der Waals surface area (Å²) in [6, 6.07) is 6.24. The largest absolute Gasteiger partial charge is 0.416 e. The zero-order chi connectivity index (χ0) is 34.1. The Bertz CT molecular complexity index is 1960. The fourth-order valence-corrected chi connectivity index (χ4v) is 5.08. The summed E-state index contributed by atoms with van der Waals surface area (Å²) < 4.78 is 87.7. The van der Waals surface area contributed by atoms with Gasteiger partial charge in [0.1, 0.15) is 6.54 Å². The molecule has 246 valence electrons. The molecule has 2 amide bonds. The number of hydrogen-bond donors (Lipinski definition) is 2. The summed E-state index contributed by atoms with van der Waals surface area (Å²) in [4.78, 5) is 44.2. The van der Waals surface area contributed by atoms with Crippen LogP contribution in [0.15, 0.2) is 66.0 Å². The molecule has 5 rings (SSSR count). The third-order valence-electron chi connectivity index (χ3n) is 7.29. The molecular formula is C31H26F6N6O4. The summed E-state index contributed by atoms with van der Waals surface area (Å²) in [5.41, 5.74) is -2.49. The van der Waals surface area contributed by atoms with Gasteiger partial charge in [-0.25, -0.2) is 0 Å². The highest BCUT2D eigenvalue weighted by Gasteiger charge is 2.33. The number of anilines is 2. The summed E-state index contributed by atoms with van der Waals surface area (Å²) >= 11 is 0. The Hall–Kier alpha value is -5.25. The van der Waals surface area contributed by atoms with Crippen molar-refractivity contribution in [2.75, 3.05) is 23.8 Å². The zero-order valence-electron chi connectivity index (χ0n) is 24.6. The number of alkyl halides is 6. The molecule has 4 aromatic rings. The average Bonchev–Trinajstić information content (AvgIpc) is 3.48. The number of nitrogens with zero attached hydrogens (tertiary/aromatic N) is 4. The van der Waals surface area contributed by atoms with Crippen LogP contribution in [0.2, 0.25) is 0 Å². The summed E-state index contributed by atoms with van der Waals surface area (Å²) in [5.74, 6) is -1.45. The van der Waals surface area contributed by atoms with Crippen LogP contribution in [0, 0.1) is 0 Å². The maximum atomic E-state index is 14.1. The molecular weight excluding hydrogens is 634 g/mol. The number of carbonyl (C=O) groups excluding carboxylic acids is 2. The van der Waals surface area contributed by atoms with Crippen LogP contribution in [0.3, 0.4) is 0 Å². The summed E-state index contributed by atoms with van der Waals surface area (Å²) in [5, 5.41) is 9.22. The zero-order valence-corrected chi connectivity index (χ0v) is 24.6. The van der Waals surface area contributed by atoms with E-state index in [1.807, 2.05) is 0 Å². The lowest BCUT2D eigenvalue weighted by Gasteiger charge is -2.20. The number of rotatable bonds is 8. The number of ether oxygens (including phenoxy) is 1. The number of amides is 2. The highest BCUT2D eigenvalue weighted by atomic mass is 19.4. The van der Waals surface area contributed by atoms with Crippen LogP contribution in [0.1, 0.15) is 36.0 Å². The number of nitrogens with one attached hydrogen (secondary N) is 2. The molecule has 1 aliphatic rings. The molecule has 10 nitrogen and oxygen atoms in total. The monoisotopic (exact) mass is 660 g/mol. The van der Waals surface area contributed by atoms with Crippen molar-refractivity contribution in [1.82, 2.24) is 19.2 Å². The van der Waals surface area contributed by atoms with Gasteiger partial charge in [0.25, 0.3) is 5.56 Å². The maximum Gasteiger partial charge on any atom is 0.416 e. The minimum atomic E-state index is -4.78. The van der Waals surface area contributed by atoms with Crippen molar-refractivity contribution in [3.63, 3.8) is 0 Å². The van der Waals surface area contributed by atoms with E-state index in [1.54, 1.807) is 13.0 Å². The van der Waals surface area contributed by atoms with Crippen LogP contribution in [0.25, 0.3) is 22.5 Å². The molecule has 0 saturated carbocycles. The number of aromatic nitrogens is 4. The Balaban J connectivity index is 1.69. The first-order valence-corrected chi connectivity index (χ1v) is 14.1. The molecule has 2 aromatic carbocycles. The van der Waals surface area contributed by atoms with Gasteiger partial charge < -0.3 is 19.9 Å². The van der Waals surface area contributed by atoms with Crippen LogP contribution >= 0.6 is 0 Å². The molecule has 0 radical (unpaired) electrons. The van der Waals surface area contributed by atoms with Crippen LogP contribution in [-0.2, 0) is 39.6 Å². The van der Waals surface area contributed by atoms with Crippen molar-refractivity contribution in [2.45, 2.75) is 38.7 Å². The fourth-order valence-electron chi connectivity index (χ4n) is 5.08. The van der Waals surface area contributed by atoms with Gasteiger partial charge >= 0.3 is 12.4 Å². The Morgan fingerprint density at radius 2 is 1.70 bits per heavy atom. The molecule has 2 aromatic heterocycles. The predicted molar refractivity (Wildman–Crippen MR) is 159 cm³/mol. The lowest BCUT2D eigenvalue weighted by atomic mass is 9.99. The standard InChI is InChI=1S/C31H26F6N6O4/c1-3-23-26(21-10-7-19(31(35,36)37)15-22(21)39-24(44)4-2)28(46)43-29(40-27(41-43)17-11-13-47-14-12-17)42(23)16-25(45)38-20-8-5-18(6-9-20)30(32,33)34/h4-11,15H,2-3,12-14,16H2,1H3,(H,38,45)(H,39,44). The van der Waals surface area contributed by atoms with E-state index in [4.69, 9.17) is 4.74 Å². The van der Waals surface area contributed by atoms with Gasteiger partial charge in [0, 0.05) is 22.6 Å². The van der Waals surface area contributed by atoms with E-state index in [9.17, 15) is 40.7 Å². The van der Waals surface area contributed by atoms with Crippen LogP contribution in [0.4, 0.5) is 37.7 Å². The van der Waals surface area contributed by atoms with Crippen LogP contribution < -0.4 is 16.2 Å². The highest BCUT2D eigenvalue weighted by molar-refractivity contribution is 6.02. The van der Waals surface area contributed by atoms with Gasteiger partial charge in [-0.1, -0.05) is 25.6 Å². The van der Waals surface area contributed by atoms with Crippen molar-refractivity contribution < 1.29 is 40.7 Å². The van der Waals surface area contributed by atoms with E-state index < -0.39 is 47.4 Å². The normalized spacial score (nSPS) is 13.7. The van der Waals surface area contributed by atoms with E-state index >= 15 is 0 Å². The van der Waals surface area contributed by atoms with Gasteiger partial charge in [-0.2, -0.15) is 35.8 Å². The number of carbonyl (C=O) groups is 2. The number of fused-ring (bicyclic) bond motifs is 1. The van der Waals surface area contributed by atoms with E-state index in [-0.39, 0.29) is 52.8 Å². The highest BCUT2D eigenvalue weighted by Crippen LogP contribution is 2.37. The second-order valence-corrected chi connectivity index (χ2v) is 10.3. The van der Waals surface area contributed by atoms with Crippen molar-refractivity contribution >= 4 is 34.5 Å². The second kappa shape index (κ2) is 12.9. The third-order valence-corrected chi connectivity index (χ3v) is 7.29. The quantitative estimate of drug-likeness (QED) is 0.184. The number of hydrogen-bond acceptors (Lipinski definition) is 6. The molecule has 0 bridgehead atoms. The van der Waals surface area contributed by atoms with Gasteiger partial charge in [-0.3, -0.25) is 14.4 Å². The van der Waals surface area contributed by atoms with Gasteiger partial charge in [0.15, 0.2) is 5.82 Å². The SMILES string of the molecule is C=CC(=O)Nc1cc(C(F)(F)F)ccc1-c1c(CC)n(CC(=O)Nc2ccc(C(F)(F)F)cc2)c2nc(C3=CCOCC3)nn2c1=O.